The van der Waals surface area contributed by atoms with E-state index in [1.807, 2.05) is 105 Å². The lowest BCUT2D eigenvalue weighted by Gasteiger charge is -2.30. The van der Waals surface area contributed by atoms with Crippen molar-refractivity contribution < 1.29 is 27.0 Å². The van der Waals surface area contributed by atoms with Gasteiger partial charge in [0.2, 0.25) is 5.90 Å². The molecule has 3 N–H and O–H groups in total. The second kappa shape index (κ2) is 20.2. The van der Waals surface area contributed by atoms with Crippen LogP contribution in [0.2, 0.25) is 0 Å². The minimum absolute atomic E-state index is 0.0493. The predicted octanol–water partition coefficient (Wildman–Crippen LogP) is 10.1. The second-order valence-electron chi connectivity index (χ2n) is 9.12. The molecule has 0 saturated carbocycles. The Labute approximate surface area is 267 Å². The number of hydrogen-bond donors (Lipinski definition) is 2. The van der Waals surface area contributed by atoms with Crippen LogP contribution in [0.5, 0.6) is 5.75 Å². The molecule has 1 heterocycles. The van der Waals surface area contributed by atoms with Crippen molar-refractivity contribution in [3.63, 3.8) is 0 Å². The molecule has 0 radical (unpaired) electrons. The zero-order chi connectivity index (χ0) is 34.8. The molecule has 0 aliphatic carbocycles. The number of ether oxygens (including phenoxy) is 2. The van der Waals surface area contributed by atoms with Crippen LogP contribution in [0.25, 0.3) is 0 Å². The number of methoxy groups -OCH3 is 1. The summed E-state index contributed by atoms with van der Waals surface area (Å²) in [7, 11) is 1.58. The van der Waals surface area contributed by atoms with E-state index in [1.165, 1.54) is 6.07 Å². The average Bonchev–Trinajstić information content (AvgIpc) is 3.31. The fraction of sp³-hybridized carbons (Fsp3) is 0.417. The Bertz CT molecular complexity index is 1330. The van der Waals surface area contributed by atoms with E-state index >= 15 is 0 Å². The summed E-state index contributed by atoms with van der Waals surface area (Å²) in [6, 6.07) is 17.7. The Morgan fingerprint density at radius 1 is 0.956 bits per heavy atom. The first kappa shape index (κ1) is 41.1. The molecule has 1 atom stereocenters. The zero-order valence-electron chi connectivity index (χ0n) is 28.4. The van der Waals surface area contributed by atoms with E-state index in [2.05, 4.69) is 4.90 Å². The van der Waals surface area contributed by atoms with Crippen LogP contribution in [-0.4, -0.2) is 26.3 Å². The molecule has 250 valence electrons. The maximum absolute atomic E-state index is 14.6. The van der Waals surface area contributed by atoms with Gasteiger partial charge in [-0.2, -0.15) is 13.2 Å². The lowest BCUT2D eigenvalue weighted by atomic mass is 9.76. The Morgan fingerprint density at radius 3 is 2.02 bits per heavy atom. The van der Waals surface area contributed by atoms with Crippen LogP contribution in [0.3, 0.4) is 0 Å². The van der Waals surface area contributed by atoms with Crippen LogP contribution < -0.4 is 15.4 Å². The van der Waals surface area contributed by atoms with E-state index < -0.39 is 23.0 Å². The van der Waals surface area contributed by atoms with Crippen LogP contribution in [0.1, 0.15) is 84.6 Å². The number of allylic oxidation sites excluding steroid dienone is 2. The van der Waals surface area contributed by atoms with E-state index in [0.29, 0.717) is 11.8 Å². The Balaban J connectivity index is 0.000000950. The van der Waals surface area contributed by atoms with Gasteiger partial charge in [-0.15, -0.1) is 0 Å². The van der Waals surface area contributed by atoms with Crippen LogP contribution in [0.15, 0.2) is 78.5 Å². The number of hydrogen-bond acceptors (Lipinski definition) is 5. The van der Waals surface area contributed by atoms with Crippen molar-refractivity contribution in [3.8, 4) is 5.75 Å². The number of rotatable bonds is 6. The molecule has 1 aliphatic rings. The first-order chi connectivity index (χ1) is 21.5. The highest BCUT2D eigenvalue weighted by Crippen LogP contribution is 2.51. The van der Waals surface area contributed by atoms with E-state index in [9.17, 15) is 17.6 Å². The van der Waals surface area contributed by atoms with Gasteiger partial charge in [-0.25, -0.2) is 4.39 Å². The first-order valence-electron chi connectivity index (χ1n) is 15.4. The smallest absolute Gasteiger partial charge is 0.416 e. The standard InChI is InChI=1S/C22H23F4NO.C8H10N2O.3C2H6/c1-5-20-21(3,13-14-7-8-15(11-18(14)23)22(24,25)26)17-12-16(28-4)9-10-19(17)27(20)6-2;9-6-11-8(10)7-4-2-1-3-5-7;3*1-2/h5,7-12H,6,13H2,1-4H3;1-5,10H,6,9H2;3*1-2H3/b20-5-;;;;. The highest BCUT2D eigenvalue weighted by Gasteiger charge is 2.43. The second-order valence-corrected chi connectivity index (χ2v) is 9.12. The van der Waals surface area contributed by atoms with Crippen molar-refractivity contribution >= 4 is 11.6 Å². The van der Waals surface area contributed by atoms with Crippen LogP contribution in [-0.2, 0) is 22.7 Å². The quantitative estimate of drug-likeness (QED) is 0.123. The van der Waals surface area contributed by atoms with Gasteiger partial charge in [0.05, 0.1) is 12.7 Å². The molecule has 0 saturated heterocycles. The topological polar surface area (TPSA) is 71.6 Å². The van der Waals surface area contributed by atoms with Crippen LogP contribution >= 0.6 is 0 Å². The number of benzene rings is 3. The SMILES string of the molecule is C/C=C1\N(CC)c2ccc(OC)cc2C1(C)Cc1ccc(C(F)(F)F)cc1F.CC.CC.CC.N=C(OCN)c1ccccc1. The predicted molar refractivity (Wildman–Crippen MR) is 180 cm³/mol. The number of halogens is 4. The zero-order valence-corrected chi connectivity index (χ0v) is 28.4. The molecule has 1 unspecified atom stereocenters. The summed E-state index contributed by atoms with van der Waals surface area (Å²) in [6.45, 7) is 18.7. The first-order valence-corrected chi connectivity index (χ1v) is 15.4. The average molecular weight is 634 g/mol. The number of alkyl halides is 3. The number of anilines is 1. The summed E-state index contributed by atoms with van der Waals surface area (Å²) in [5, 5.41) is 7.33. The lowest BCUT2D eigenvalue weighted by Crippen LogP contribution is -2.30. The monoisotopic (exact) mass is 633 g/mol. The van der Waals surface area contributed by atoms with Gasteiger partial charge in [0, 0.05) is 28.9 Å². The van der Waals surface area contributed by atoms with Gasteiger partial charge in [-0.1, -0.05) is 71.9 Å². The van der Waals surface area contributed by atoms with Gasteiger partial charge < -0.3 is 14.4 Å². The third-order valence-corrected chi connectivity index (χ3v) is 6.72. The number of nitrogens with two attached hydrogens (primary N) is 1. The normalized spacial score (nSPS) is 15.4. The molecule has 0 bridgehead atoms. The van der Waals surface area contributed by atoms with Gasteiger partial charge in [-0.3, -0.25) is 11.1 Å². The highest BCUT2D eigenvalue weighted by atomic mass is 19.4. The fourth-order valence-corrected chi connectivity index (χ4v) is 4.89. The van der Waals surface area contributed by atoms with E-state index in [4.69, 9.17) is 20.6 Å². The van der Waals surface area contributed by atoms with Crippen molar-refractivity contribution in [3.05, 3.63) is 107 Å². The van der Waals surface area contributed by atoms with Crippen molar-refractivity contribution in [1.82, 2.24) is 0 Å². The number of likely N-dealkylation sites (N-methyl/N-ethyl adjacent to an activating group) is 1. The van der Waals surface area contributed by atoms with Crippen LogP contribution in [0, 0.1) is 11.2 Å². The molecule has 9 heteroatoms. The molecule has 3 aromatic carbocycles. The van der Waals surface area contributed by atoms with Gasteiger partial charge in [0.1, 0.15) is 18.3 Å². The summed E-state index contributed by atoms with van der Waals surface area (Å²) >= 11 is 0. The summed E-state index contributed by atoms with van der Waals surface area (Å²) in [4.78, 5) is 2.15. The number of nitrogens with zero attached hydrogens (tertiary/aromatic N) is 1. The molecular weight excluding hydrogens is 582 g/mol. The third kappa shape index (κ3) is 10.6. The Morgan fingerprint density at radius 2 is 1.56 bits per heavy atom. The minimum atomic E-state index is -4.57. The summed E-state index contributed by atoms with van der Waals surface area (Å²) in [5.41, 5.74) is 7.51. The Kier molecular flexibility index (Phi) is 18.5. The maximum Gasteiger partial charge on any atom is 0.416 e. The molecular formula is C36H51F4N3O2. The summed E-state index contributed by atoms with van der Waals surface area (Å²) in [6.07, 6.45) is -2.34. The third-order valence-electron chi connectivity index (χ3n) is 6.72. The van der Waals surface area contributed by atoms with Crippen molar-refractivity contribution in [1.29, 1.82) is 5.41 Å². The molecule has 0 fully saturated rings. The van der Waals surface area contributed by atoms with E-state index in [-0.39, 0.29) is 24.6 Å². The molecule has 0 spiro atoms. The van der Waals surface area contributed by atoms with Crippen molar-refractivity contribution in [2.45, 2.75) is 80.3 Å². The molecule has 0 aromatic heterocycles. The van der Waals surface area contributed by atoms with Gasteiger partial charge in [0.25, 0.3) is 0 Å². The molecule has 45 heavy (non-hydrogen) atoms. The fourth-order valence-electron chi connectivity index (χ4n) is 4.89. The van der Waals surface area contributed by atoms with E-state index in [0.717, 1.165) is 35.1 Å². The Hall–Kier alpha value is -3.85. The van der Waals surface area contributed by atoms with Gasteiger partial charge >= 0.3 is 6.18 Å². The summed E-state index contributed by atoms with van der Waals surface area (Å²) < 4.78 is 63.4. The van der Waals surface area contributed by atoms with E-state index in [1.54, 1.807) is 19.2 Å². The number of fused-ring (bicyclic) bond motifs is 1. The highest BCUT2D eigenvalue weighted by molar-refractivity contribution is 5.91. The largest absolute Gasteiger partial charge is 0.497 e. The summed E-state index contributed by atoms with van der Waals surface area (Å²) in [5.74, 6) is -0.0368. The van der Waals surface area contributed by atoms with Gasteiger partial charge in [-0.05, 0) is 80.8 Å². The number of nitrogens with one attached hydrogen (secondary N) is 1. The molecule has 0 amide bonds. The molecule has 1 aliphatic heterocycles. The van der Waals surface area contributed by atoms with Crippen LogP contribution in [0.4, 0.5) is 23.2 Å². The van der Waals surface area contributed by atoms with Crippen molar-refractivity contribution in [2.75, 3.05) is 25.3 Å². The molecule has 3 aromatic rings. The minimum Gasteiger partial charge on any atom is -0.497 e. The van der Waals surface area contributed by atoms with Crippen molar-refractivity contribution in [2.24, 2.45) is 5.73 Å². The maximum atomic E-state index is 14.6. The molecule has 5 nitrogen and oxygen atoms in total. The molecule has 4 rings (SSSR count). The lowest BCUT2D eigenvalue weighted by molar-refractivity contribution is -0.137. The van der Waals surface area contributed by atoms with Gasteiger partial charge in [0.15, 0.2) is 0 Å².